The number of likely N-dealkylation sites (tertiary alicyclic amines) is 1. The molecule has 2 aromatic rings. The highest BCUT2D eigenvalue weighted by Crippen LogP contribution is 2.34. The molecule has 1 fully saturated rings. The van der Waals surface area contributed by atoms with E-state index in [9.17, 15) is 0 Å². The van der Waals surface area contributed by atoms with Gasteiger partial charge in [-0.25, -0.2) is 4.98 Å². The molecular weight excluding hydrogens is 258 g/mol. The summed E-state index contributed by atoms with van der Waals surface area (Å²) in [5.74, 6) is 1.02. The summed E-state index contributed by atoms with van der Waals surface area (Å²) in [6.45, 7) is 2.18. The van der Waals surface area contributed by atoms with Gasteiger partial charge < -0.3 is 5.32 Å². The lowest BCUT2D eigenvalue weighted by atomic mass is 9.95. The number of piperidine rings is 1. The first-order chi connectivity index (χ1) is 10.4. The fourth-order valence-electron chi connectivity index (χ4n) is 3.25. The zero-order chi connectivity index (χ0) is 14.5. The van der Waals surface area contributed by atoms with E-state index in [-0.39, 0.29) is 0 Å². The van der Waals surface area contributed by atoms with Crippen LogP contribution in [0.4, 0.5) is 5.82 Å². The second-order valence-corrected chi connectivity index (χ2v) is 5.66. The third-order valence-corrected chi connectivity index (χ3v) is 4.28. The number of nitrogens with zero attached hydrogens (tertiary/aromatic N) is 2. The minimum Gasteiger partial charge on any atom is -0.373 e. The van der Waals surface area contributed by atoms with E-state index in [1.807, 2.05) is 19.3 Å². The molecule has 3 nitrogen and oxygen atoms in total. The van der Waals surface area contributed by atoms with Crippen molar-refractivity contribution in [2.45, 2.75) is 31.8 Å². The van der Waals surface area contributed by atoms with Crippen LogP contribution >= 0.6 is 0 Å². The lowest BCUT2D eigenvalue weighted by Crippen LogP contribution is -2.33. The Balaban J connectivity index is 1.84. The van der Waals surface area contributed by atoms with Gasteiger partial charge in [-0.3, -0.25) is 4.90 Å². The minimum absolute atomic E-state index is 0.468. The third-order valence-electron chi connectivity index (χ3n) is 4.28. The van der Waals surface area contributed by atoms with Crippen LogP contribution in [0, 0.1) is 0 Å². The van der Waals surface area contributed by atoms with E-state index in [0.29, 0.717) is 6.04 Å². The second-order valence-electron chi connectivity index (χ2n) is 5.66. The molecular formula is C18H23N3. The first kappa shape index (κ1) is 14.1. The van der Waals surface area contributed by atoms with Gasteiger partial charge in [0, 0.05) is 31.4 Å². The molecule has 1 aliphatic rings. The molecule has 1 atom stereocenters. The summed E-state index contributed by atoms with van der Waals surface area (Å²) in [5.41, 5.74) is 2.72. The summed E-state index contributed by atoms with van der Waals surface area (Å²) in [5, 5.41) is 3.24. The predicted molar refractivity (Wildman–Crippen MR) is 87.2 cm³/mol. The van der Waals surface area contributed by atoms with Crippen molar-refractivity contribution >= 4 is 5.82 Å². The van der Waals surface area contributed by atoms with Crippen LogP contribution in [-0.4, -0.2) is 23.5 Å². The maximum absolute atomic E-state index is 4.48. The number of hydrogen-bond acceptors (Lipinski definition) is 3. The largest absolute Gasteiger partial charge is 0.373 e. The molecule has 1 saturated heterocycles. The van der Waals surface area contributed by atoms with Crippen molar-refractivity contribution in [3.8, 4) is 0 Å². The van der Waals surface area contributed by atoms with Gasteiger partial charge in [0.05, 0.1) is 0 Å². The molecule has 0 spiro atoms. The Labute approximate surface area is 127 Å². The zero-order valence-electron chi connectivity index (χ0n) is 12.6. The number of nitrogens with one attached hydrogen (secondary N) is 1. The molecule has 3 rings (SSSR count). The molecule has 0 saturated carbocycles. The van der Waals surface area contributed by atoms with E-state index in [4.69, 9.17) is 0 Å². The van der Waals surface area contributed by atoms with E-state index in [2.05, 4.69) is 51.6 Å². The summed E-state index contributed by atoms with van der Waals surface area (Å²) >= 11 is 0. The van der Waals surface area contributed by atoms with Crippen LogP contribution in [0.3, 0.4) is 0 Å². The highest BCUT2D eigenvalue weighted by molar-refractivity contribution is 5.45. The van der Waals surface area contributed by atoms with Gasteiger partial charge in [0.25, 0.3) is 0 Å². The lowest BCUT2D eigenvalue weighted by Gasteiger charge is -2.36. The Kier molecular flexibility index (Phi) is 4.51. The summed E-state index contributed by atoms with van der Waals surface area (Å²) < 4.78 is 0. The first-order valence-corrected chi connectivity index (χ1v) is 7.79. The quantitative estimate of drug-likeness (QED) is 0.922. The van der Waals surface area contributed by atoms with Gasteiger partial charge in [-0.1, -0.05) is 42.8 Å². The van der Waals surface area contributed by atoms with E-state index in [1.54, 1.807) is 0 Å². The molecule has 0 unspecified atom stereocenters. The van der Waals surface area contributed by atoms with Gasteiger partial charge in [0.2, 0.25) is 0 Å². The molecule has 1 N–H and O–H groups in total. The minimum atomic E-state index is 0.468. The van der Waals surface area contributed by atoms with E-state index in [0.717, 1.165) is 18.9 Å². The molecule has 110 valence electrons. The van der Waals surface area contributed by atoms with Crippen molar-refractivity contribution in [2.75, 3.05) is 18.9 Å². The smallest absolute Gasteiger partial charge is 0.130 e. The van der Waals surface area contributed by atoms with Crippen LogP contribution < -0.4 is 5.32 Å². The van der Waals surface area contributed by atoms with Crippen LogP contribution in [0.1, 0.15) is 36.4 Å². The SMILES string of the molecule is CNc1ncccc1[C@H]1CCCCN1Cc1ccccc1. The third kappa shape index (κ3) is 3.24. The van der Waals surface area contributed by atoms with Crippen LogP contribution in [0.5, 0.6) is 0 Å². The van der Waals surface area contributed by atoms with Gasteiger partial charge >= 0.3 is 0 Å². The Morgan fingerprint density at radius 1 is 1.14 bits per heavy atom. The number of pyridine rings is 1. The summed E-state index contributed by atoms with van der Waals surface area (Å²) in [6, 6.07) is 15.5. The highest BCUT2D eigenvalue weighted by atomic mass is 15.2. The van der Waals surface area contributed by atoms with Crippen molar-refractivity contribution in [1.29, 1.82) is 0 Å². The van der Waals surface area contributed by atoms with Gasteiger partial charge in [0.1, 0.15) is 5.82 Å². The van der Waals surface area contributed by atoms with Crippen LogP contribution in [0.25, 0.3) is 0 Å². The van der Waals surface area contributed by atoms with E-state index in [1.165, 1.54) is 30.4 Å². The molecule has 0 bridgehead atoms. The first-order valence-electron chi connectivity index (χ1n) is 7.79. The van der Waals surface area contributed by atoms with Gasteiger partial charge in [-0.15, -0.1) is 0 Å². The lowest BCUT2D eigenvalue weighted by molar-refractivity contribution is 0.140. The van der Waals surface area contributed by atoms with Crippen molar-refractivity contribution in [1.82, 2.24) is 9.88 Å². The summed E-state index contributed by atoms with van der Waals surface area (Å²) in [7, 11) is 1.95. The van der Waals surface area contributed by atoms with Gasteiger partial charge in [-0.05, 0) is 31.0 Å². The van der Waals surface area contributed by atoms with Crippen molar-refractivity contribution in [3.63, 3.8) is 0 Å². The van der Waals surface area contributed by atoms with E-state index >= 15 is 0 Å². The van der Waals surface area contributed by atoms with Crippen molar-refractivity contribution < 1.29 is 0 Å². The fourth-order valence-corrected chi connectivity index (χ4v) is 3.25. The normalized spacial score (nSPS) is 19.4. The molecule has 0 amide bonds. The molecule has 1 aliphatic heterocycles. The standard InChI is InChI=1S/C18H23N3/c1-19-18-16(10-7-12-20-18)17-11-5-6-13-21(17)14-15-8-3-2-4-9-15/h2-4,7-10,12,17H,5-6,11,13-14H2,1H3,(H,19,20)/t17-/m1/s1. The van der Waals surface area contributed by atoms with Crippen molar-refractivity contribution in [2.24, 2.45) is 0 Å². The number of aromatic nitrogens is 1. The Bertz CT molecular complexity index is 568. The molecule has 21 heavy (non-hydrogen) atoms. The molecule has 0 aliphatic carbocycles. The zero-order valence-corrected chi connectivity index (χ0v) is 12.6. The molecule has 1 aromatic heterocycles. The van der Waals surface area contributed by atoms with E-state index < -0.39 is 0 Å². The number of benzene rings is 1. The molecule has 0 radical (unpaired) electrons. The molecule has 1 aromatic carbocycles. The average Bonchev–Trinajstić information content (AvgIpc) is 2.56. The Morgan fingerprint density at radius 3 is 2.81 bits per heavy atom. The monoisotopic (exact) mass is 281 g/mol. The van der Waals surface area contributed by atoms with Gasteiger partial charge in [0.15, 0.2) is 0 Å². The van der Waals surface area contributed by atoms with Crippen molar-refractivity contribution in [3.05, 3.63) is 59.8 Å². The maximum Gasteiger partial charge on any atom is 0.130 e. The topological polar surface area (TPSA) is 28.2 Å². The van der Waals surface area contributed by atoms with Crippen LogP contribution in [0.2, 0.25) is 0 Å². The number of rotatable bonds is 4. The Morgan fingerprint density at radius 2 is 2.00 bits per heavy atom. The van der Waals surface area contributed by atoms with Gasteiger partial charge in [-0.2, -0.15) is 0 Å². The summed E-state index contributed by atoms with van der Waals surface area (Å²) in [6.07, 6.45) is 5.67. The number of hydrogen-bond donors (Lipinski definition) is 1. The Hall–Kier alpha value is -1.87. The average molecular weight is 281 g/mol. The highest BCUT2D eigenvalue weighted by Gasteiger charge is 2.26. The molecule has 2 heterocycles. The molecule has 3 heteroatoms. The predicted octanol–water partition coefficient (Wildman–Crippen LogP) is 3.85. The second kappa shape index (κ2) is 6.72. The van der Waals surface area contributed by atoms with Crippen LogP contribution in [0.15, 0.2) is 48.7 Å². The summed E-state index contributed by atoms with van der Waals surface area (Å²) in [4.78, 5) is 7.07. The van der Waals surface area contributed by atoms with Crippen LogP contribution in [-0.2, 0) is 6.54 Å². The fraction of sp³-hybridized carbons (Fsp3) is 0.389. The maximum atomic E-state index is 4.48. The number of anilines is 1.